The average Bonchev–Trinajstić information content (AvgIpc) is 3.53. The molecule has 0 radical (unpaired) electrons. The van der Waals surface area contributed by atoms with Crippen molar-refractivity contribution in [2.75, 3.05) is 13.2 Å². The number of benzene rings is 2. The SMILES string of the molecule is O=C(NCc1ccc(S(=O)(=O)NCC2CCCO2)cc1)c1cc2sc3ccccc3c2s1. The van der Waals surface area contributed by atoms with Gasteiger partial charge in [-0.05, 0) is 42.7 Å². The highest BCUT2D eigenvalue weighted by Gasteiger charge is 2.20. The predicted molar refractivity (Wildman–Crippen MR) is 129 cm³/mol. The minimum absolute atomic E-state index is 0.0511. The van der Waals surface area contributed by atoms with Gasteiger partial charge in [0.1, 0.15) is 0 Å². The minimum atomic E-state index is -3.58. The highest BCUT2D eigenvalue weighted by Crippen LogP contribution is 2.39. The number of hydrogen-bond acceptors (Lipinski definition) is 6. The summed E-state index contributed by atoms with van der Waals surface area (Å²) in [7, 11) is -3.58. The Kier molecular flexibility index (Phi) is 6.00. The third-order valence-corrected chi connectivity index (χ3v) is 9.34. The van der Waals surface area contributed by atoms with E-state index in [1.54, 1.807) is 35.6 Å². The Balaban J connectivity index is 1.21. The quantitative estimate of drug-likeness (QED) is 0.403. The molecular formula is C23H22N2O4S3. The summed E-state index contributed by atoms with van der Waals surface area (Å²) < 4.78 is 36.5. The van der Waals surface area contributed by atoms with Crippen molar-refractivity contribution in [1.82, 2.24) is 10.0 Å². The molecule has 0 bridgehead atoms. The molecule has 1 amide bonds. The zero-order chi connectivity index (χ0) is 22.1. The van der Waals surface area contributed by atoms with Crippen LogP contribution in [0.4, 0.5) is 0 Å². The highest BCUT2D eigenvalue weighted by molar-refractivity contribution is 7.89. The van der Waals surface area contributed by atoms with Gasteiger partial charge in [-0.25, -0.2) is 13.1 Å². The highest BCUT2D eigenvalue weighted by atomic mass is 32.2. The van der Waals surface area contributed by atoms with Crippen LogP contribution in [-0.4, -0.2) is 33.6 Å². The van der Waals surface area contributed by atoms with Gasteiger partial charge in [-0.15, -0.1) is 22.7 Å². The van der Waals surface area contributed by atoms with Gasteiger partial charge in [-0.1, -0.05) is 30.3 Å². The van der Waals surface area contributed by atoms with E-state index < -0.39 is 10.0 Å². The maximum absolute atomic E-state index is 12.6. The van der Waals surface area contributed by atoms with E-state index in [0.29, 0.717) is 18.0 Å². The fourth-order valence-corrected chi connectivity index (χ4v) is 7.27. The summed E-state index contributed by atoms with van der Waals surface area (Å²) in [5.41, 5.74) is 0.834. The molecule has 1 fully saturated rings. The largest absolute Gasteiger partial charge is 0.377 e. The van der Waals surface area contributed by atoms with E-state index in [4.69, 9.17) is 4.74 Å². The summed E-state index contributed by atoms with van der Waals surface area (Å²) in [6.45, 7) is 1.30. The number of carbonyl (C=O) groups excluding carboxylic acids is 1. The van der Waals surface area contributed by atoms with E-state index >= 15 is 0 Å². The van der Waals surface area contributed by atoms with Crippen LogP contribution in [0.25, 0.3) is 19.5 Å². The van der Waals surface area contributed by atoms with Crippen molar-refractivity contribution >= 4 is 58.1 Å². The molecule has 2 N–H and O–H groups in total. The van der Waals surface area contributed by atoms with Gasteiger partial charge in [-0.3, -0.25) is 4.79 Å². The number of hydrogen-bond donors (Lipinski definition) is 2. The Morgan fingerprint density at radius 1 is 1.06 bits per heavy atom. The lowest BCUT2D eigenvalue weighted by molar-refractivity contribution is 0.0955. The number of ether oxygens (including phenoxy) is 1. The van der Waals surface area contributed by atoms with E-state index in [2.05, 4.69) is 22.2 Å². The maximum Gasteiger partial charge on any atom is 0.261 e. The number of thiophene rings is 2. The van der Waals surface area contributed by atoms with Gasteiger partial charge in [0, 0.05) is 34.5 Å². The van der Waals surface area contributed by atoms with Crippen molar-refractivity contribution in [2.45, 2.75) is 30.4 Å². The van der Waals surface area contributed by atoms with Crippen LogP contribution in [0.1, 0.15) is 28.1 Å². The Hall–Kier alpha value is -2.30. The lowest BCUT2D eigenvalue weighted by atomic mass is 10.2. The topological polar surface area (TPSA) is 84.5 Å². The smallest absolute Gasteiger partial charge is 0.261 e. The third-order valence-electron chi connectivity index (χ3n) is 5.49. The predicted octanol–water partition coefficient (Wildman–Crippen LogP) is 4.50. The fourth-order valence-electron chi connectivity index (χ4n) is 3.76. The summed E-state index contributed by atoms with van der Waals surface area (Å²) in [6, 6.07) is 16.7. The Labute approximate surface area is 194 Å². The Morgan fingerprint density at radius 2 is 1.88 bits per heavy atom. The summed E-state index contributed by atoms with van der Waals surface area (Å²) in [4.78, 5) is 13.5. The van der Waals surface area contributed by atoms with Crippen LogP contribution < -0.4 is 10.0 Å². The van der Waals surface area contributed by atoms with Crippen LogP contribution in [0.5, 0.6) is 0 Å². The third kappa shape index (κ3) is 4.44. The fraction of sp³-hybridized carbons (Fsp3) is 0.261. The van der Waals surface area contributed by atoms with E-state index in [0.717, 1.165) is 27.8 Å². The summed E-state index contributed by atoms with van der Waals surface area (Å²) >= 11 is 3.19. The minimum Gasteiger partial charge on any atom is -0.377 e. The van der Waals surface area contributed by atoms with E-state index in [1.165, 1.54) is 21.4 Å². The first-order valence-electron chi connectivity index (χ1n) is 10.4. The van der Waals surface area contributed by atoms with Crippen molar-refractivity contribution < 1.29 is 17.9 Å². The molecule has 5 rings (SSSR count). The van der Waals surface area contributed by atoms with Gasteiger partial charge in [0.25, 0.3) is 5.91 Å². The normalized spacial score (nSPS) is 16.7. The molecule has 0 aliphatic carbocycles. The molecule has 4 aromatic rings. The van der Waals surface area contributed by atoms with E-state index in [-0.39, 0.29) is 23.5 Å². The number of amides is 1. The second-order valence-electron chi connectivity index (χ2n) is 7.72. The van der Waals surface area contributed by atoms with Crippen molar-refractivity contribution in [2.24, 2.45) is 0 Å². The van der Waals surface area contributed by atoms with Crippen LogP contribution in [0.3, 0.4) is 0 Å². The molecule has 0 spiro atoms. The lowest BCUT2D eigenvalue weighted by Gasteiger charge is -2.12. The molecule has 32 heavy (non-hydrogen) atoms. The molecule has 9 heteroatoms. The zero-order valence-electron chi connectivity index (χ0n) is 17.2. The van der Waals surface area contributed by atoms with Gasteiger partial charge >= 0.3 is 0 Å². The summed E-state index contributed by atoms with van der Waals surface area (Å²) in [6.07, 6.45) is 1.79. The van der Waals surface area contributed by atoms with Gasteiger partial charge < -0.3 is 10.1 Å². The number of fused-ring (bicyclic) bond motifs is 3. The molecule has 6 nitrogen and oxygen atoms in total. The van der Waals surface area contributed by atoms with Gasteiger partial charge in [0.15, 0.2) is 0 Å². The molecule has 1 aliphatic rings. The molecule has 1 aliphatic heterocycles. The number of sulfonamides is 1. The number of rotatable bonds is 7. The lowest BCUT2D eigenvalue weighted by Crippen LogP contribution is -2.31. The molecule has 166 valence electrons. The van der Waals surface area contributed by atoms with Crippen LogP contribution >= 0.6 is 22.7 Å². The van der Waals surface area contributed by atoms with Gasteiger partial charge in [0.2, 0.25) is 10.0 Å². The van der Waals surface area contributed by atoms with Crippen LogP contribution in [0, 0.1) is 0 Å². The second-order valence-corrected chi connectivity index (χ2v) is 11.6. The Bertz CT molecular complexity index is 1370. The molecule has 0 saturated carbocycles. The van der Waals surface area contributed by atoms with Crippen molar-refractivity contribution in [3.8, 4) is 0 Å². The standard InChI is InChI=1S/C23H22N2O4S3/c26-23(21-12-20-22(31-21)18-5-1-2-6-19(18)30-20)24-13-15-7-9-17(10-8-15)32(27,28)25-14-16-4-3-11-29-16/h1-2,5-10,12,16,25H,3-4,11,13-14H2,(H,24,26). The van der Waals surface area contributed by atoms with E-state index in [9.17, 15) is 13.2 Å². The van der Waals surface area contributed by atoms with Crippen LogP contribution in [-0.2, 0) is 21.3 Å². The first kappa shape index (κ1) is 21.5. The molecule has 2 aromatic heterocycles. The van der Waals surface area contributed by atoms with Crippen LogP contribution in [0.2, 0.25) is 0 Å². The van der Waals surface area contributed by atoms with E-state index in [1.807, 2.05) is 18.2 Å². The molecular weight excluding hydrogens is 464 g/mol. The molecule has 3 heterocycles. The van der Waals surface area contributed by atoms with Crippen LogP contribution in [0.15, 0.2) is 59.5 Å². The van der Waals surface area contributed by atoms with Crippen molar-refractivity contribution in [3.63, 3.8) is 0 Å². The van der Waals surface area contributed by atoms with Crippen molar-refractivity contribution in [3.05, 3.63) is 65.0 Å². The van der Waals surface area contributed by atoms with Crippen molar-refractivity contribution in [1.29, 1.82) is 0 Å². The molecule has 1 saturated heterocycles. The summed E-state index contributed by atoms with van der Waals surface area (Å²) in [5.74, 6) is -0.127. The Morgan fingerprint density at radius 3 is 2.66 bits per heavy atom. The zero-order valence-corrected chi connectivity index (χ0v) is 19.6. The number of nitrogens with one attached hydrogen (secondary N) is 2. The molecule has 1 atom stereocenters. The second kappa shape index (κ2) is 8.92. The summed E-state index contributed by atoms with van der Waals surface area (Å²) in [5, 5.41) is 4.11. The van der Waals surface area contributed by atoms with Gasteiger partial charge in [0.05, 0.1) is 20.6 Å². The first-order chi connectivity index (χ1) is 15.5. The monoisotopic (exact) mass is 486 g/mol. The average molecular weight is 487 g/mol. The van der Waals surface area contributed by atoms with Gasteiger partial charge in [-0.2, -0.15) is 0 Å². The maximum atomic E-state index is 12.6. The molecule has 1 unspecified atom stereocenters. The first-order valence-corrected chi connectivity index (χ1v) is 13.5. The number of carbonyl (C=O) groups is 1. The molecule has 2 aromatic carbocycles.